The summed E-state index contributed by atoms with van der Waals surface area (Å²) < 4.78 is 20.5. The molecule has 9 heteroatoms. The summed E-state index contributed by atoms with van der Waals surface area (Å²) in [5.41, 5.74) is 0. The van der Waals surface area contributed by atoms with Gasteiger partial charge in [0.05, 0.1) is 0 Å². The zero-order valence-electron chi connectivity index (χ0n) is 8.12. The molecule has 0 radical (unpaired) electrons. The van der Waals surface area contributed by atoms with Crippen molar-refractivity contribution in [3.63, 3.8) is 0 Å². The number of hydrogen-bond acceptors (Lipinski definition) is 8. The molecule has 0 saturated carbocycles. The molecule has 0 N–H and O–H groups in total. The summed E-state index contributed by atoms with van der Waals surface area (Å²) in [7, 11) is 4.61. The topological polar surface area (TPSA) is 36.9 Å². The zero-order valence-corrected chi connectivity index (χ0v) is 15.1. The molecule has 0 aliphatic carbocycles. The standard InChI is InChI=1S/C6H13O4S4.La/c7-1-2-8-5-9-3-4-10-6-12-14-13-11;/h11H,1-6H2;/q-1;+1. The third kappa shape index (κ3) is 16.4. The van der Waals surface area contributed by atoms with Crippen molar-refractivity contribution in [2.45, 2.75) is 0 Å². The van der Waals surface area contributed by atoms with Gasteiger partial charge in [0.25, 0.3) is 0 Å². The van der Waals surface area contributed by atoms with Gasteiger partial charge in [-0.05, 0) is 9.83 Å². The maximum atomic E-state index is 5.26. The monoisotopic (exact) mass is 416 g/mol. The first kappa shape index (κ1) is 17.4. The van der Waals surface area contributed by atoms with Gasteiger partial charge >= 0.3 is 110 Å². The number of hydrogen-bond donors (Lipinski definition) is 1. The van der Waals surface area contributed by atoms with Crippen LogP contribution in [0, 0.1) is 34.3 Å². The molecular formula is C6H13LaO4S4. The van der Waals surface area contributed by atoms with Crippen LogP contribution in [0.4, 0.5) is 0 Å². The molecule has 0 spiro atoms. The fourth-order valence-corrected chi connectivity index (χ4v) is 3.46. The van der Waals surface area contributed by atoms with Gasteiger partial charge in [-0.1, -0.05) is 11.7 Å². The molecule has 0 atom stereocenters. The van der Waals surface area contributed by atoms with Crippen LogP contribution in [0.2, 0.25) is 0 Å². The Morgan fingerprint density at radius 1 is 1.00 bits per heavy atom. The van der Waals surface area contributed by atoms with Crippen LogP contribution in [-0.4, -0.2) is 39.2 Å². The first-order valence-corrected chi connectivity index (χ1v) is 10.2. The second-order valence-electron chi connectivity index (χ2n) is 2.09. The van der Waals surface area contributed by atoms with E-state index in [4.69, 9.17) is 15.9 Å². The Balaban J connectivity index is 2.81. The van der Waals surface area contributed by atoms with Crippen molar-refractivity contribution in [3.05, 3.63) is 0 Å². The van der Waals surface area contributed by atoms with E-state index in [0.29, 0.717) is 73.4 Å². The molecule has 88 valence electrons. The van der Waals surface area contributed by atoms with Gasteiger partial charge in [-0.2, -0.15) is 0 Å². The molecule has 0 aromatic rings. The van der Waals surface area contributed by atoms with Gasteiger partial charge in [0.15, 0.2) is 0 Å². The fraction of sp³-hybridized carbons (Fsp3) is 1.00. The molecule has 0 aromatic carbocycles. The molecule has 0 rings (SSSR count). The summed E-state index contributed by atoms with van der Waals surface area (Å²) in [6, 6.07) is 0. The van der Waals surface area contributed by atoms with Crippen LogP contribution in [0.15, 0.2) is 0 Å². The van der Waals surface area contributed by atoms with Gasteiger partial charge in [0.1, 0.15) is 0 Å². The Labute approximate surface area is 130 Å². The summed E-state index contributed by atoms with van der Waals surface area (Å²) in [4.78, 5) is 0. The molecule has 0 bridgehead atoms. The van der Waals surface area contributed by atoms with E-state index < -0.39 is 0 Å². The van der Waals surface area contributed by atoms with E-state index in [0.717, 1.165) is 0 Å². The van der Waals surface area contributed by atoms with Crippen LogP contribution in [0.1, 0.15) is 0 Å². The third-order valence-electron chi connectivity index (χ3n) is 1.09. The minimum atomic E-state index is 0.311. The van der Waals surface area contributed by atoms with Crippen molar-refractivity contribution < 1.29 is 50.2 Å². The van der Waals surface area contributed by atoms with Crippen molar-refractivity contribution in [2.75, 3.05) is 39.2 Å². The van der Waals surface area contributed by atoms with E-state index in [1.807, 2.05) is 0 Å². The van der Waals surface area contributed by atoms with Crippen molar-refractivity contribution in [1.29, 1.82) is 0 Å². The Morgan fingerprint density at radius 2 is 1.67 bits per heavy atom. The van der Waals surface area contributed by atoms with Gasteiger partial charge in [-0.25, -0.2) is 0 Å². The van der Waals surface area contributed by atoms with Gasteiger partial charge in [0, 0.05) is 0 Å². The average Bonchev–Trinajstić information content (AvgIpc) is 2.26. The number of rotatable bonds is 12. The molecule has 0 aliphatic heterocycles. The molecular weight excluding hydrogens is 403 g/mol. The van der Waals surface area contributed by atoms with Crippen molar-refractivity contribution >= 4 is 42.1 Å². The normalized spacial score (nSPS) is 10.7. The summed E-state index contributed by atoms with van der Waals surface area (Å²) in [5, 5.41) is 0. The van der Waals surface area contributed by atoms with E-state index in [2.05, 4.69) is 11.7 Å². The third-order valence-corrected chi connectivity index (χ3v) is 6.07. The summed E-state index contributed by atoms with van der Waals surface area (Å²) in [6.07, 6.45) is 0. The number of ether oxygens (including phenoxy) is 3. The van der Waals surface area contributed by atoms with Crippen LogP contribution in [0.25, 0.3) is 0 Å². The Kier molecular flexibility index (Phi) is 19.1. The van der Waals surface area contributed by atoms with E-state index >= 15 is 0 Å². The molecule has 0 fully saturated rings. The van der Waals surface area contributed by atoms with E-state index in [9.17, 15) is 0 Å². The van der Waals surface area contributed by atoms with Gasteiger partial charge in [0.2, 0.25) is 0 Å². The summed E-state index contributed by atoms with van der Waals surface area (Å²) in [6.45, 7) is 2.73. The quantitative estimate of drug-likeness (QED) is 0.227. The van der Waals surface area contributed by atoms with Crippen LogP contribution in [0.3, 0.4) is 0 Å². The average molecular weight is 416 g/mol. The van der Waals surface area contributed by atoms with Crippen LogP contribution < -0.4 is 0 Å². The summed E-state index contributed by atoms with van der Waals surface area (Å²) >= 11 is 4.56. The second-order valence-corrected chi connectivity index (χ2v) is 8.02. The van der Waals surface area contributed by atoms with Gasteiger partial charge < -0.3 is 0 Å². The maximum absolute atomic E-state index is 5.26. The molecule has 15 heavy (non-hydrogen) atoms. The van der Waals surface area contributed by atoms with Crippen LogP contribution in [0.5, 0.6) is 0 Å². The fourth-order valence-electron chi connectivity index (χ4n) is 0.536. The number of thiol groups is 1. The molecule has 0 aliphatic rings. The van der Waals surface area contributed by atoms with E-state index in [-0.39, 0.29) is 0 Å². The molecule has 4 nitrogen and oxygen atoms in total. The predicted octanol–water partition coefficient (Wildman–Crippen LogP) is 2.31. The molecule has 0 amide bonds. The SMILES string of the molecule is SSSSCOCCOCOCC[O][La]. The Hall–Kier alpha value is 2.43. The summed E-state index contributed by atoms with van der Waals surface area (Å²) in [5.74, 6) is 0.650. The Bertz CT molecular complexity index is 111. The zero-order chi connectivity index (χ0) is 11.2. The Morgan fingerprint density at radius 3 is 2.33 bits per heavy atom. The molecule has 0 aromatic heterocycles. The molecule has 0 heterocycles. The van der Waals surface area contributed by atoms with E-state index in [1.54, 1.807) is 20.6 Å². The van der Waals surface area contributed by atoms with Gasteiger partial charge in [-0.15, -0.1) is 0 Å². The first-order chi connectivity index (χ1) is 7.41. The van der Waals surface area contributed by atoms with E-state index in [1.165, 1.54) is 9.83 Å². The molecule has 0 unspecified atom stereocenters. The van der Waals surface area contributed by atoms with Crippen molar-refractivity contribution in [1.82, 2.24) is 0 Å². The minimum absolute atomic E-state index is 0.311. The van der Waals surface area contributed by atoms with Crippen LogP contribution >= 0.6 is 42.1 Å². The van der Waals surface area contributed by atoms with Crippen LogP contribution in [-0.2, 0) is 15.9 Å². The van der Waals surface area contributed by atoms with Crippen molar-refractivity contribution in [3.8, 4) is 0 Å². The van der Waals surface area contributed by atoms with Crippen molar-refractivity contribution in [2.24, 2.45) is 0 Å². The van der Waals surface area contributed by atoms with Gasteiger partial charge in [-0.3, -0.25) is 0 Å². The predicted molar refractivity (Wildman–Crippen MR) is 65.3 cm³/mol. The first-order valence-electron chi connectivity index (χ1n) is 4.06. The molecule has 0 saturated heterocycles. The second kappa shape index (κ2) is 16.4.